The minimum atomic E-state index is -2.51. The standard InChI is InChI=1S/C97H121F2N15O31S/c1-14-113(52-139-51-70(118)97-71(143-90(145-97)68-25-23-60(146-68)33-54-15-20-57(100)21-16-54)38-62-63-37-65(98)64-36-59(116)29-31-94(64,2)96(63,99)69(117)39-95(62,97)3)93(138)140-50-55-17-24-67(142-92-88(136)86(134)87(135)91(144-92)141-53-115)66(34-55)102-73(120)30-32-101-72(119)26-19-56-18-22-58(114-74(121)27-28-75(114)122)35-61(56)89(137)112(13)48-84(131)110(11)46-82(129)108(9)44-80(127)106(7)42-78(125)104(5)40-76(123)103(4)41-77(124)105(6)43-79(126)107(8)45-81(128)109(10)47-83(130)111(12)49-85(132)133/h15-18,20-25,27-29,31,34-36,53,62-63,65,69,71,86-88,90-92,117,134-136H,14,19,26,30,32-33,37-52,100H2,1-13H3,(H,101,119)(H,102,120)(H,132,133)/t62-,63-,65-,69-,71+,86-,87-,88+,90+,91-,92+,94-,95-,96-,97+/m0/s1. The number of imide groups is 1. The van der Waals surface area contributed by atoms with Crippen LogP contribution in [-0.4, -0.2) is 415 Å². The summed E-state index contributed by atoms with van der Waals surface area (Å²) in [5.41, 5.74) is -0.328. The van der Waals surface area contributed by atoms with E-state index in [1.807, 2.05) is 24.3 Å². The number of aliphatic hydroxyl groups excluding tert-OH is 4. The van der Waals surface area contributed by atoms with Gasteiger partial charge in [-0.15, -0.1) is 11.3 Å². The predicted molar refractivity (Wildman–Crippen MR) is 509 cm³/mol. The molecular weight excluding hydrogens is 1940 g/mol. The monoisotopic (exact) mass is 2060 g/mol. The molecule has 0 radical (unpaired) electrons. The first kappa shape index (κ1) is 112. The van der Waals surface area contributed by atoms with Gasteiger partial charge in [0.1, 0.15) is 56.7 Å². The molecule has 146 heavy (non-hydrogen) atoms. The van der Waals surface area contributed by atoms with Crippen molar-refractivity contribution in [1.82, 2.24) is 59.2 Å². The van der Waals surface area contributed by atoms with Gasteiger partial charge in [0, 0.05) is 148 Å². The van der Waals surface area contributed by atoms with E-state index in [-0.39, 0.29) is 84.6 Å². The molecule has 4 heterocycles. The number of nitrogens with one attached hydrogen (secondary N) is 2. The van der Waals surface area contributed by atoms with Crippen molar-refractivity contribution in [2.75, 3.05) is 178 Å². The first-order valence-electron chi connectivity index (χ1n) is 46.5. The number of ether oxygens (including phenoxy) is 7. The summed E-state index contributed by atoms with van der Waals surface area (Å²) in [5.74, 6) is -15.1. The third-order valence-electron chi connectivity index (χ3n) is 27.4. The highest BCUT2D eigenvalue weighted by molar-refractivity contribution is 7.12. The number of carbonyl (C=O) groups is 19. The Labute approximate surface area is 841 Å². The number of carboxylic acids is 1. The van der Waals surface area contributed by atoms with Crippen LogP contribution in [-0.2, 0) is 129 Å². The summed E-state index contributed by atoms with van der Waals surface area (Å²) in [4.78, 5) is 264. The van der Waals surface area contributed by atoms with E-state index in [1.165, 1.54) is 131 Å². The van der Waals surface area contributed by atoms with E-state index in [0.717, 1.165) is 93.5 Å². The van der Waals surface area contributed by atoms with Gasteiger partial charge in [0.15, 0.2) is 29.1 Å². The third kappa shape index (κ3) is 25.2. The average molecular weight is 2060 g/mol. The van der Waals surface area contributed by atoms with E-state index in [1.54, 1.807) is 26.0 Å². The van der Waals surface area contributed by atoms with Crippen molar-refractivity contribution < 1.29 is 159 Å². The number of ketones is 2. The minimum absolute atomic E-state index is 0.00171. The Morgan fingerprint density at radius 2 is 1.12 bits per heavy atom. The lowest BCUT2D eigenvalue weighted by atomic mass is 9.44. The molecule has 46 nitrogen and oxygen atoms in total. The van der Waals surface area contributed by atoms with Crippen molar-refractivity contribution in [3.05, 3.63) is 141 Å². The van der Waals surface area contributed by atoms with E-state index in [0.29, 0.717) is 17.0 Å². The number of hydrogen-bond acceptors (Lipinski definition) is 32. The van der Waals surface area contributed by atoms with Crippen molar-refractivity contribution in [3.8, 4) is 5.75 Å². The third-order valence-corrected chi connectivity index (χ3v) is 28.5. The predicted octanol–water partition coefficient (Wildman–Crippen LogP) is -0.689. The number of anilines is 3. The van der Waals surface area contributed by atoms with Gasteiger partial charge in [-0.05, 0) is 128 Å². The second kappa shape index (κ2) is 47.5. The lowest BCUT2D eigenvalue weighted by molar-refractivity contribution is -0.321. The highest BCUT2D eigenvalue weighted by atomic mass is 32.1. The number of halogens is 2. The van der Waals surface area contributed by atoms with E-state index in [4.69, 9.17) is 44.0 Å². The van der Waals surface area contributed by atoms with Gasteiger partial charge in [0.2, 0.25) is 77.6 Å². The molecule has 5 fully saturated rings. The smallest absolute Gasteiger partial charge is 0.411 e. The van der Waals surface area contributed by atoms with Crippen LogP contribution in [0.1, 0.15) is 96.0 Å². The lowest BCUT2D eigenvalue weighted by Crippen LogP contribution is -2.70. The van der Waals surface area contributed by atoms with Crippen molar-refractivity contribution in [3.63, 3.8) is 0 Å². The zero-order valence-electron chi connectivity index (χ0n) is 82.8. The molecule has 0 bridgehead atoms. The van der Waals surface area contributed by atoms with Crippen LogP contribution in [0, 0.1) is 22.7 Å². The number of Topliss-reactive ketones (excluding diaryl/α,β-unsaturated/α-hetero) is 1. The molecule has 790 valence electrons. The number of benzene rings is 3. The fourth-order valence-electron chi connectivity index (χ4n) is 18.8. The fourth-order valence-corrected chi connectivity index (χ4v) is 19.8. The number of aliphatic carboxylic acids is 1. The fraction of sp³-hybridized carbons (Fsp3) is 0.515. The number of likely N-dealkylation sites (N-methyl/N-ethyl adjacent to an activating group) is 10. The maximum atomic E-state index is 18.5. The van der Waals surface area contributed by atoms with Gasteiger partial charge >= 0.3 is 12.1 Å². The molecule has 15 atom stereocenters. The molecule has 15 amide bonds. The SMILES string of the molecule is CCN(COCC(=O)[C@@]12O[C@H](c3ccc(Cc4ccc(N)cc4)s3)O[C@@H]1C[C@H]1[C@@H]3C[C@H](F)C4=CC(=O)C=C[C@]4(C)[C@@]3(F)[C@@H](O)C[C@@]12C)C(=O)OCc1ccc(O[C@@H]2O[C@H](OC=O)[C@@H](O)[C@H](O)[C@H]2O)c(NC(=O)CCNC(=O)CCc2ccc(N3C(=O)C=CC3=O)cc2C(=O)N(C)CC(=O)N(C)CC(=O)N(C)CC(=O)N(C)CC(=O)N(C)CC(=O)N(C)CC(=O)N(C)CC(=O)N(C)CC(=O)N(C)CC(=O)N(C)CC(=O)O)c1. The molecular formula is C97H121F2N15O31S. The number of amides is 15. The average Bonchev–Trinajstić information content (AvgIpc) is 1.47. The van der Waals surface area contributed by atoms with Gasteiger partial charge < -0.3 is 119 Å². The van der Waals surface area contributed by atoms with Crippen molar-refractivity contribution in [2.45, 2.75) is 139 Å². The van der Waals surface area contributed by atoms with E-state index < -0.39 is 294 Å². The number of fused-ring (bicyclic) bond motifs is 7. The van der Waals surface area contributed by atoms with Crippen molar-refractivity contribution in [1.29, 1.82) is 0 Å². The number of allylic oxidation sites excluding steroid dienone is 4. The second-order valence-corrected chi connectivity index (χ2v) is 38.8. The lowest BCUT2D eigenvalue weighted by Gasteiger charge is -2.63. The summed E-state index contributed by atoms with van der Waals surface area (Å²) in [7, 11) is 12.6. The summed E-state index contributed by atoms with van der Waals surface area (Å²) in [6.07, 6.45) is -12.3. The molecule has 4 aliphatic carbocycles. The number of carboxylic acid groups (broad SMARTS) is 1. The van der Waals surface area contributed by atoms with Crippen molar-refractivity contribution >= 4 is 141 Å². The number of hydrogen-bond donors (Lipinski definition) is 8. The Hall–Kier alpha value is -13.9. The van der Waals surface area contributed by atoms with Crippen LogP contribution in [0.25, 0.3) is 0 Å². The Morgan fingerprint density at radius 3 is 1.65 bits per heavy atom. The Bertz CT molecular complexity index is 5790. The molecule has 49 heteroatoms. The molecule has 4 aromatic rings. The molecule has 1 aromatic heterocycles. The number of rotatable bonds is 44. The van der Waals surface area contributed by atoms with E-state index in [2.05, 4.69) is 10.6 Å². The number of nitrogen functional groups attached to an aromatic ring is 1. The Morgan fingerprint density at radius 1 is 0.603 bits per heavy atom. The molecule has 9 N–H and O–H groups in total. The van der Waals surface area contributed by atoms with Gasteiger partial charge in [-0.2, -0.15) is 0 Å². The number of carbonyl (C=O) groups excluding carboxylic acids is 18. The van der Waals surface area contributed by atoms with Gasteiger partial charge in [0.25, 0.3) is 24.2 Å². The molecule has 3 aromatic carbocycles. The van der Waals surface area contributed by atoms with Crippen LogP contribution >= 0.6 is 11.3 Å². The molecule has 0 unspecified atom stereocenters. The van der Waals surface area contributed by atoms with Crippen LogP contribution in [0.2, 0.25) is 0 Å². The number of thiophene rings is 1. The van der Waals surface area contributed by atoms with Gasteiger partial charge in [0.05, 0.1) is 87.4 Å². The molecule has 3 aliphatic heterocycles. The number of alkyl halides is 2. The van der Waals surface area contributed by atoms with Crippen LogP contribution in [0.4, 0.5) is 30.6 Å². The number of nitrogens with zero attached hydrogens (tertiary/aromatic N) is 12. The molecule has 7 aliphatic rings. The van der Waals surface area contributed by atoms with E-state index in [9.17, 15) is 107 Å². The summed E-state index contributed by atoms with van der Waals surface area (Å²) < 4.78 is 76.8. The van der Waals surface area contributed by atoms with Crippen LogP contribution in [0.3, 0.4) is 0 Å². The quantitative estimate of drug-likeness (QED) is 0.0118. The van der Waals surface area contributed by atoms with Gasteiger partial charge in [-0.3, -0.25) is 95.9 Å². The highest BCUT2D eigenvalue weighted by Gasteiger charge is 2.80. The normalized spacial score (nSPS) is 24.0. The minimum Gasteiger partial charge on any atom is -0.480 e. The zero-order valence-corrected chi connectivity index (χ0v) is 83.6. The highest BCUT2D eigenvalue weighted by Crippen LogP contribution is 2.73. The van der Waals surface area contributed by atoms with Crippen LogP contribution < -0.4 is 26.0 Å². The summed E-state index contributed by atoms with van der Waals surface area (Å²) in [5, 5.41) is 58.8. The zero-order chi connectivity index (χ0) is 107. The molecule has 0 spiro atoms. The van der Waals surface area contributed by atoms with E-state index >= 15 is 13.6 Å². The van der Waals surface area contributed by atoms with Crippen LogP contribution in [0.15, 0.2) is 109 Å². The summed E-state index contributed by atoms with van der Waals surface area (Å²) in [6, 6.07) is 18.9. The maximum Gasteiger partial charge on any atom is 0.411 e. The molecule has 11 rings (SSSR count). The molecule has 2 saturated heterocycles. The topological polar surface area (TPSA) is 579 Å². The summed E-state index contributed by atoms with van der Waals surface area (Å²) in [6.45, 7) is -3.33. The van der Waals surface area contributed by atoms with Crippen LogP contribution in [0.5, 0.6) is 5.75 Å². The maximum absolute atomic E-state index is 18.5. The summed E-state index contributed by atoms with van der Waals surface area (Å²) >= 11 is 1.38. The first-order valence-corrected chi connectivity index (χ1v) is 47.3. The number of aryl methyl sites for hydroxylation is 1. The Balaban J connectivity index is 0.671. The number of aliphatic hydroxyl groups is 4. The second-order valence-electron chi connectivity index (χ2n) is 37.6. The first-order chi connectivity index (χ1) is 68.8. The van der Waals surface area contributed by atoms with Gasteiger partial charge in [-0.25, -0.2) is 18.5 Å². The van der Waals surface area contributed by atoms with Gasteiger partial charge in [-0.1, -0.05) is 37.3 Å². The largest absolute Gasteiger partial charge is 0.480 e. The molecule has 3 saturated carbocycles. The van der Waals surface area contributed by atoms with Crippen molar-refractivity contribution in [2.24, 2.45) is 22.7 Å². The Kier molecular flexibility index (Phi) is 36.6. The number of nitrogens with two attached hydrogens (primary N) is 1.